The molecule has 1 aliphatic heterocycles. The monoisotopic (exact) mass is 420 g/mol. The Balaban J connectivity index is 0.00000218. The van der Waals surface area contributed by atoms with Crippen molar-refractivity contribution in [2.45, 2.75) is 0 Å². The summed E-state index contributed by atoms with van der Waals surface area (Å²) < 4.78 is 11.6. The van der Waals surface area contributed by atoms with Gasteiger partial charge < -0.3 is 9.47 Å². The Morgan fingerprint density at radius 3 is 2.60 bits per heavy atom. The Labute approximate surface area is 182 Å². The lowest BCUT2D eigenvalue weighted by atomic mass is 9.99. The standard InChI is InChI=1S/C25H24N2O2.ClH/c1-2-5-20-18-21(9-8-19(20)4-1)22-6-3-7-23-24(10-11-26-25(22)23)29-17-14-27-12-15-28-16-13-27;/h1-11,18H,12-17H2;1H. The van der Waals surface area contributed by atoms with Crippen LogP contribution in [0.15, 0.2) is 72.9 Å². The third-order valence-electron chi connectivity index (χ3n) is 5.56. The zero-order chi connectivity index (χ0) is 19.5. The van der Waals surface area contributed by atoms with Crippen molar-refractivity contribution in [1.82, 2.24) is 9.88 Å². The van der Waals surface area contributed by atoms with E-state index < -0.39 is 0 Å². The summed E-state index contributed by atoms with van der Waals surface area (Å²) in [6.07, 6.45) is 1.84. The molecule has 5 rings (SSSR count). The van der Waals surface area contributed by atoms with Crippen LogP contribution in [0.2, 0.25) is 0 Å². The molecule has 1 fully saturated rings. The molecular formula is C25H25ClN2O2. The largest absolute Gasteiger partial charge is 0.491 e. The number of ether oxygens (including phenoxy) is 2. The highest BCUT2D eigenvalue weighted by atomic mass is 35.5. The van der Waals surface area contributed by atoms with E-state index in [0.29, 0.717) is 6.61 Å². The zero-order valence-electron chi connectivity index (χ0n) is 16.8. The molecule has 0 atom stereocenters. The molecule has 154 valence electrons. The maximum absolute atomic E-state index is 6.16. The van der Waals surface area contributed by atoms with Crippen LogP contribution >= 0.6 is 12.4 Å². The second-order valence-corrected chi connectivity index (χ2v) is 7.38. The summed E-state index contributed by atoms with van der Waals surface area (Å²) in [6, 6.07) is 23.3. The number of hydrogen-bond donors (Lipinski definition) is 0. The van der Waals surface area contributed by atoms with Crippen molar-refractivity contribution >= 4 is 34.1 Å². The maximum atomic E-state index is 6.16. The van der Waals surface area contributed by atoms with Crippen LogP contribution in [0, 0.1) is 0 Å². The third kappa shape index (κ3) is 4.26. The van der Waals surface area contributed by atoms with Crippen LogP contribution in [0.4, 0.5) is 0 Å². The van der Waals surface area contributed by atoms with Crippen LogP contribution in [-0.4, -0.2) is 49.3 Å². The lowest BCUT2D eigenvalue weighted by Crippen LogP contribution is -2.38. The Morgan fingerprint density at radius 1 is 0.900 bits per heavy atom. The molecule has 0 radical (unpaired) electrons. The van der Waals surface area contributed by atoms with Gasteiger partial charge in [-0.05, 0) is 34.5 Å². The fourth-order valence-corrected chi connectivity index (χ4v) is 3.98. The van der Waals surface area contributed by atoms with Crippen LogP contribution in [0.25, 0.3) is 32.8 Å². The first-order valence-electron chi connectivity index (χ1n) is 10.2. The van der Waals surface area contributed by atoms with E-state index in [9.17, 15) is 0 Å². The quantitative estimate of drug-likeness (QED) is 0.445. The van der Waals surface area contributed by atoms with Gasteiger partial charge >= 0.3 is 0 Å². The predicted molar refractivity (Wildman–Crippen MR) is 125 cm³/mol. The number of para-hydroxylation sites is 1. The van der Waals surface area contributed by atoms with E-state index in [-0.39, 0.29) is 12.4 Å². The van der Waals surface area contributed by atoms with Crippen LogP contribution < -0.4 is 4.74 Å². The van der Waals surface area contributed by atoms with Gasteiger partial charge in [-0.1, -0.05) is 48.5 Å². The zero-order valence-corrected chi connectivity index (χ0v) is 17.6. The molecule has 0 unspecified atom stereocenters. The average molecular weight is 421 g/mol. The highest BCUT2D eigenvalue weighted by Crippen LogP contribution is 2.33. The number of nitrogens with zero attached hydrogens (tertiary/aromatic N) is 2. The third-order valence-corrected chi connectivity index (χ3v) is 5.56. The molecule has 5 heteroatoms. The van der Waals surface area contributed by atoms with Gasteiger partial charge in [-0.2, -0.15) is 0 Å². The number of halogens is 1. The van der Waals surface area contributed by atoms with E-state index in [0.717, 1.165) is 55.1 Å². The summed E-state index contributed by atoms with van der Waals surface area (Å²) in [5.74, 6) is 0.894. The minimum atomic E-state index is 0. The van der Waals surface area contributed by atoms with E-state index in [4.69, 9.17) is 9.47 Å². The number of rotatable bonds is 5. The fraction of sp³-hybridized carbons (Fsp3) is 0.240. The molecule has 30 heavy (non-hydrogen) atoms. The van der Waals surface area contributed by atoms with Gasteiger partial charge in [0, 0.05) is 36.8 Å². The van der Waals surface area contributed by atoms with Crippen molar-refractivity contribution in [2.75, 3.05) is 39.5 Å². The molecule has 0 spiro atoms. The van der Waals surface area contributed by atoms with Gasteiger partial charge in [0.05, 0.1) is 18.7 Å². The summed E-state index contributed by atoms with van der Waals surface area (Å²) in [5.41, 5.74) is 3.28. The first-order valence-corrected chi connectivity index (χ1v) is 10.2. The summed E-state index contributed by atoms with van der Waals surface area (Å²) in [6.45, 7) is 5.16. The summed E-state index contributed by atoms with van der Waals surface area (Å²) in [7, 11) is 0. The van der Waals surface area contributed by atoms with Gasteiger partial charge in [0.25, 0.3) is 0 Å². The molecule has 1 aliphatic rings. The second kappa shape index (κ2) is 9.43. The number of morpholine rings is 1. The minimum Gasteiger partial charge on any atom is -0.491 e. The molecule has 0 bridgehead atoms. The van der Waals surface area contributed by atoms with Crippen molar-refractivity contribution < 1.29 is 9.47 Å². The molecule has 1 aromatic heterocycles. The number of hydrogen-bond acceptors (Lipinski definition) is 4. The minimum absolute atomic E-state index is 0. The lowest BCUT2D eigenvalue weighted by molar-refractivity contribution is 0.0323. The van der Waals surface area contributed by atoms with Crippen molar-refractivity contribution in [1.29, 1.82) is 0 Å². The number of pyridine rings is 1. The predicted octanol–water partition coefficient (Wildman–Crippen LogP) is 5.19. The summed E-state index contributed by atoms with van der Waals surface area (Å²) in [4.78, 5) is 7.07. The fourth-order valence-electron chi connectivity index (χ4n) is 3.98. The van der Waals surface area contributed by atoms with Gasteiger partial charge in [-0.15, -0.1) is 12.4 Å². The van der Waals surface area contributed by atoms with Crippen LogP contribution in [0.3, 0.4) is 0 Å². The summed E-state index contributed by atoms with van der Waals surface area (Å²) >= 11 is 0. The number of aromatic nitrogens is 1. The topological polar surface area (TPSA) is 34.6 Å². The number of fused-ring (bicyclic) bond motifs is 2. The van der Waals surface area contributed by atoms with Gasteiger partial charge in [0.15, 0.2) is 0 Å². The van der Waals surface area contributed by atoms with E-state index >= 15 is 0 Å². The molecule has 2 heterocycles. The van der Waals surface area contributed by atoms with Crippen molar-refractivity contribution in [3.63, 3.8) is 0 Å². The Morgan fingerprint density at radius 2 is 1.73 bits per heavy atom. The summed E-state index contributed by atoms with van der Waals surface area (Å²) in [5, 5.41) is 3.54. The Kier molecular flexibility index (Phi) is 6.48. The van der Waals surface area contributed by atoms with Gasteiger partial charge in [0.2, 0.25) is 0 Å². The van der Waals surface area contributed by atoms with E-state index in [1.807, 2.05) is 12.3 Å². The Hall–Kier alpha value is -2.66. The molecule has 3 aromatic carbocycles. The Bertz CT molecular complexity index is 1140. The van der Waals surface area contributed by atoms with Gasteiger partial charge in [-0.25, -0.2) is 0 Å². The smallest absolute Gasteiger partial charge is 0.130 e. The number of benzene rings is 3. The van der Waals surface area contributed by atoms with Gasteiger partial charge in [-0.3, -0.25) is 9.88 Å². The van der Waals surface area contributed by atoms with Crippen molar-refractivity contribution in [3.05, 3.63) is 72.9 Å². The first kappa shape index (κ1) is 20.6. The molecule has 0 amide bonds. The molecular weight excluding hydrogens is 396 g/mol. The molecule has 0 saturated carbocycles. The van der Waals surface area contributed by atoms with Crippen LogP contribution in [0.1, 0.15) is 0 Å². The normalized spacial score (nSPS) is 14.5. The maximum Gasteiger partial charge on any atom is 0.130 e. The lowest BCUT2D eigenvalue weighted by Gasteiger charge is -2.26. The molecule has 4 nitrogen and oxygen atoms in total. The van der Waals surface area contributed by atoms with E-state index in [2.05, 4.69) is 70.5 Å². The molecule has 4 aromatic rings. The van der Waals surface area contributed by atoms with Gasteiger partial charge in [0.1, 0.15) is 12.4 Å². The van der Waals surface area contributed by atoms with E-state index in [1.54, 1.807) is 0 Å². The highest BCUT2D eigenvalue weighted by molar-refractivity contribution is 5.99. The van der Waals surface area contributed by atoms with Crippen molar-refractivity contribution in [2.24, 2.45) is 0 Å². The molecule has 0 aliphatic carbocycles. The van der Waals surface area contributed by atoms with Crippen LogP contribution in [-0.2, 0) is 4.74 Å². The van der Waals surface area contributed by atoms with Crippen LogP contribution in [0.5, 0.6) is 5.75 Å². The second-order valence-electron chi connectivity index (χ2n) is 7.38. The molecule has 0 N–H and O–H groups in total. The van der Waals surface area contributed by atoms with Crippen molar-refractivity contribution in [3.8, 4) is 16.9 Å². The highest BCUT2D eigenvalue weighted by Gasteiger charge is 2.12. The SMILES string of the molecule is Cl.c1ccc2cc(-c3cccc4c(OCCN5CCOCC5)ccnc34)ccc2c1. The molecule has 1 saturated heterocycles. The van der Waals surface area contributed by atoms with E-state index in [1.165, 1.54) is 16.3 Å². The average Bonchev–Trinajstić information content (AvgIpc) is 2.79. The first-order chi connectivity index (χ1) is 14.4.